The van der Waals surface area contributed by atoms with Crippen molar-refractivity contribution in [1.82, 2.24) is 0 Å². The molecular weight excluding hydrogens is 568 g/mol. The summed E-state index contributed by atoms with van der Waals surface area (Å²) in [6.07, 6.45) is 0.624. The first-order valence-electron chi connectivity index (χ1n) is 15.8. The number of nitro groups is 1. The van der Waals surface area contributed by atoms with E-state index in [0.717, 1.165) is 44.9 Å². The van der Waals surface area contributed by atoms with Gasteiger partial charge in [-0.15, -0.1) is 0 Å². The van der Waals surface area contributed by atoms with Crippen LogP contribution >= 0.6 is 0 Å². The van der Waals surface area contributed by atoms with Gasteiger partial charge in [-0.05, 0) is 85.5 Å². The lowest BCUT2D eigenvalue weighted by atomic mass is 9.57. The topological polar surface area (TPSA) is 64.4 Å². The first-order chi connectivity index (χ1) is 22.6. The predicted molar refractivity (Wildman–Crippen MR) is 180 cm³/mol. The number of anilines is 2. The normalized spacial score (nSPS) is 18.4. The van der Waals surface area contributed by atoms with Crippen molar-refractivity contribution < 1.29 is 9.66 Å². The Bertz CT molecular complexity index is 2250. The van der Waals surface area contributed by atoms with Gasteiger partial charge >= 0.3 is 0 Å². The van der Waals surface area contributed by atoms with Crippen LogP contribution in [0.1, 0.15) is 79.0 Å². The van der Waals surface area contributed by atoms with Crippen LogP contribution in [0.5, 0.6) is 5.75 Å². The van der Waals surface area contributed by atoms with Crippen molar-refractivity contribution in [3.8, 4) is 16.9 Å². The van der Waals surface area contributed by atoms with Gasteiger partial charge in [0.2, 0.25) is 0 Å². The third-order valence-electron chi connectivity index (χ3n) is 10.8. The van der Waals surface area contributed by atoms with Crippen LogP contribution in [0.15, 0.2) is 115 Å². The third kappa shape index (κ3) is 3.19. The van der Waals surface area contributed by atoms with Crippen molar-refractivity contribution in [3.05, 3.63) is 187 Å². The van der Waals surface area contributed by atoms with Crippen LogP contribution in [0, 0.1) is 10.1 Å². The molecule has 5 aliphatic carbocycles. The van der Waals surface area contributed by atoms with Gasteiger partial charge in [0.25, 0.3) is 5.69 Å². The van der Waals surface area contributed by atoms with Gasteiger partial charge in [0.05, 0.1) is 12.0 Å². The number of ether oxygens (including phenoxy) is 1. The van der Waals surface area contributed by atoms with Gasteiger partial charge in [-0.3, -0.25) is 10.1 Å². The highest BCUT2D eigenvalue weighted by Gasteiger charge is 2.51. The number of methoxy groups -OCH3 is 1. The Morgan fingerprint density at radius 3 is 1.78 bits per heavy atom. The van der Waals surface area contributed by atoms with E-state index in [4.69, 9.17) is 4.74 Å². The van der Waals surface area contributed by atoms with Crippen LogP contribution in [0.25, 0.3) is 11.1 Å². The van der Waals surface area contributed by atoms with E-state index in [1.165, 1.54) is 44.5 Å². The molecule has 46 heavy (non-hydrogen) atoms. The summed E-state index contributed by atoms with van der Waals surface area (Å²) in [7, 11) is 1.67. The van der Waals surface area contributed by atoms with Crippen molar-refractivity contribution in [2.75, 3.05) is 12.4 Å². The fourth-order valence-electron chi connectivity index (χ4n) is 9.10. The number of nitro benzene ring substituents is 1. The highest BCUT2D eigenvalue weighted by Crippen LogP contribution is 2.64. The molecule has 6 aromatic rings. The molecule has 6 aromatic carbocycles. The van der Waals surface area contributed by atoms with E-state index in [1.807, 2.05) is 24.3 Å². The highest BCUT2D eigenvalue weighted by molar-refractivity contribution is 5.90. The molecule has 0 radical (unpaired) electrons. The molecule has 5 nitrogen and oxygen atoms in total. The minimum atomic E-state index is -0.235. The maximum Gasteiger partial charge on any atom is 0.278 e. The SMILES string of the molecule is COc1ccc(Nc2c3c(c([N+](=O)[O-])c4c2C2c5ccccc5C4c4ccccc42)C2c4ccccc4-c4cccc2c4C3)cc1. The summed E-state index contributed by atoms with van der Waals surface area (Å²) in [6.45, 7) is 0. The molecular formula is C41H28N2O3. The number of hydrogen-bond acceptors (Lipinski definition) is 4. The summed E-state index contributed by atoms with van der Waals surface area (Å²) in [5.41, 5.74) is 16.7. The Morgan fingerprint density at radius 2 is 1.15 bits per heavy atom. The van der Waals surface area contributed by atoms with Crippen molar-refractivity contribution in [3.63, 3.8) is 0 Å². The predicted octanol–water partition coefficient (Wildman–Crippen LogP) is 9.40. The molecule has 0 fully saturated rings. The Balaban J connectivity index is 1.35. The van der Waals surface area contributed by atoms with E-state index in [2.05, 4.69) is 96.3 Å². The average molecular weight is 597 g/mol. The summed E-state index contributed by atoms with van der Waals surface area (Å²) < 4.78 is 5.47. The quantitative estimate of drug-likeness (QED) is 0.162. The molecule has 0 aromatic heterocycles. The van der Waals surface area contributed by atoms with Crippen LogP contribution in [-0.2, 0) is 6.42 Å². The van der Waals surface area contributed by atoms with E-state index in [1.54, 1.807) is 7.11 Å². The lowest BCUT2D eigenvalue weighted by molar-refractivity contribution is -0.386. The molecule has 0 amide bonds. The van der Waals surface area contributed by atoms with Crippen molar-refractivity contribution in [2.45, 2.75) is 24.2 Å². The maximum atomic E-state index is 13.7. The molecule has 1 N–H and O–H groups in total. The number of nitrogens with one attached hydrogen (secondary N) is 1. The molecule has 5 aliphatic rings. The van der Waals surface area contributed by atoms with Gasteiger partial charge in [0, 0.05) is 46.7 Å². The zero-order valence-corrected chi connectivity index (χ0v) is 25.1. The minimum absolute atomic E-state index is 0.0766. The molecule has 11 rings (SSSR count). The lowest BCUT2D eigenvalue weighted by Gasteiger charge is -2.45. The average Bonchev–Trinajstić information content (AvgIpc) is 3.09. The number of nitrogens with zero attached hydrogens (tertiary/aromatic N) is 1. The number of rotatable bonds is 4. The van der Waals surface area contributed by atoms with E-state index in [9.17, 15) is 10.1 Å². The van der Waals surface area contributed by atoms with Crippen molar-refractivity contribution in [2.24, 2.45) is 0 Å². The second-order valence-electron chi connectivity index (χ2n) is 12.7. The van der Waals surface area contributed by atoms with E-state index in [0.29, 0.717) is 6.42 Å². The van der Waals surface area contributed by atoms with Gasteiger partial charge in [0.1, 0.15) is 5.75 Å². The monoisotopic (exact) mass is 596 g/mol. The number of benzene rings is 6. The Kier molecular flexibility index (Phi) is 5.11. The summed E-state index contributed by atoms with van der Waals surface area (Å²) in [6, 6.07) is 40.0. The molecule has 6 bridgehead atoms. The zero-order valence-electron chi connectivity index (χ0n) is 25.1. The van der Waals surface area contributed by atoms with E-state index >= 15 is 0 Å². The first kappa shape index (κ1) is 25.6. The van der Waals surface area contributed by atoms with Gasteiger partial charge in [-0.2, -0.15) is 0 Å². The van der Waals surface area contributed by atoms with Crippen LogP contribution in [-0.4, -0.2) is 12.0 Å². The summed E-state index contributed by atoms with van der Waals surface area (Å²) in [5, 5.41) is 17.5. The summed E-state index contributed by atoms with van der Waals surface area (Å²) in [5.74, 6) is 0.199. The maximum absolute atomic E-state index is 13.7. The van der Waals surface area contributed by atoms with E-state index < -0.39 is 0 Å². The molecule has 5 heteroatoms. The van der Waals surface area contributed by atoms with Crippen molar-refractivity contribution >= 4 is 17.1 Å². The Hall–Kier alpha value is -5.68. The molecule has 0 spiro atoms. The van der Waals surface area contributed by atoms with Crippen molar-refractivity contribution in [1.29, 1.82) is 0 Å². The Labute approximate surface area is 266 Å². The fraction of sp³-hybridized carbons (Fsp3) is 0.122. The van der Waals surface area contributed by atoms with E-state index in [-0.39, 0.29) is 28.4 Å². The first-order valence-corrected chi connectivity index (χ1v) is 15.8. The smallest absolute Gasteiger partial charge is 0.278 e. The fourth-order valence-corrected chi connectivity index (χ4v) is 9.10. The molecule has 0 heterocycles. The molecule has 0 saturated carbocycles. The molecule has 0 aliphatic heterocycles. The summed E-state index contributed by atoms with van der Waals surface area (Å²) >= 11 is 0. The van der Waals surface area contributed by atoms with Gasteiger partial charge in [0.15, 0.2) is 0 Å². The second-order valence-corrected chi connectivity index (χ2v) is 12.7. The second kappa shape index (κ2) is 9.18. The van der Waals surface area contributed by atoms with Crippen LogP contribution in [0.2, 0.25) is 0 Å². The highest BCUT2D eigenvalue weighted by atomic mass is 16.6. The molecule has 1 atom stereocenters. The zero-order chi connectivity index (χ0) is 30.7. The van der Waals surface area contributed by atoms with Crippen LogP contribution < -0.4 is 10.1 Å². The summed E-state index contributed by atoms with van der Waals surface area (Å²) in [4.78, 5) is 13.6. The van der Waals surface area contributed by atoms with Crippen LogP contribution in [0.4, 0.5) is 17.1 Å². The minimum Gasteiger partial charge on any atom is -0.497 e. The van der Waals surface area contributed by atoms with Gasteiger partial charge in [-0.1, -0.05) is 91.0 Å². The lowest BCUT2D eigenvalue weighted by Crippen LogP contribution is -2.32. The van der Waals surface area contributed by atoms with Gasteiger partial charge < -0.3 is 10.1 Å². The van der Waals surface area contributed by atoms with Crippen LogP contribution in [0.3, 0.4) is 0 Å². The number of hydrogen-bond donors (Lipinski definition) is 1. The molecule has 1 unspecified atom stereocenters. The van der Waals surface area contributed by atoms with Gasteiger partial charge in [-0.25, -0.2) is 0 Å². The number of fused-ring (bicyclic) bond motifs is 5. The third-order valence-corrected chi connectivity index (χ3v) is 10.8. The molecule has 220 valence electrons. The Morgan fingerprint density at radius 1 is 0.609 bits per heavy atom. The molecule has 0 saturated heterocycles. The largest absolute Gasteiger partial charge is 0.497 e. The standard InChI is InChI=1S/C41H28N2O3/c1-46-23-19-17-22(18-20-23)42-40-33-21-32-25-15-8-16-31(32)34(26-10-3-2-9-24(25)26)37(33)41(43(44)45)39-36-29-13-6-4-11-27(29)35(38(39)40)28-12-5-7-14-30(28)36/h2-20,34-36,42H,21H2,1H3.